The van der Waals surface area contributed by atoms with Crippen molar-refractivity contribution in [1.29, 1.82) is 0 Å². The number of hydrogen-bond acceptors (Lipinski definition) is 1. The highest BCUT2D eigenvalue weighted by atomic mass is 79.9. The Bertz CT molecular complexity index is 616. The van der Waals surface area contributed by atoms with E-state index in [2.05, 4.69) is 39.4 Å². The first-order chi connectivity index (χ1) is 11.2. The smallest absolute Gasteiger partial charge is 0.404 e. The maximum Gasteiger partial charge on any atom is 0.404 e. The van der Waals surface area contributed by atoms with Crippen molar-refractivity contribution in [2.45, 2.75) is 37.1 Å². The summed E-state index contributed by atoms with van der Waals surface area (Å²) >= 11 is 3.52. The lowest BCUT2D eigenvalue weighted by Crippen LogP contribution is -2.35. The lowest BCUT2D eigenvalue weighted by Gasteiger charge is -2.17. The van der Waals surface area contributed by atoms with Crippen LogP contribution in [0.25, 0.3) is 0 Å². The van der Waals surface area contributed by atoms with Crippen LogP contribution in [0.3, 0.4) is 0 Å². The van der Waals surface area contributed by atoms with E-state index in [-0.39, 0.29) is 6.04 Å². The number of nitrogens with one attached hydrogen (secondary N) is 1. The third-order valence-electron chi connectivity index (χ3n) is 3.91. The van der Waals surface area contributed by atoms with Crippen LogP contribution in [0.5, 0.6) is 0 Å². The molecule has 1 amide bonds. The molecule has 0 radical (unpaired) electrons. The Morgan fingerprint density at radius 1 is 1.04 bits per heavy atom. The number of carboxylic acid groups (broad SMARTS) is 1. The van der Waals surface area contributed by atoms with E-state index < -0.39 is 6.09 Å². The Morgan fingerprint density at radius 3 is 2.35 bits per heavy atom. The predicted octanol–water partition coefficient (Wildman–Crippen LogP) is 4.78. The molecule has 0 spiro atoms. The molecule has 0 fully saturated rings. The van der Waals surface area contributed by atoms with Crippen LogP contribution in [-0.2, 0) is 18.2 Å². The summed E-state index contributed by atoms with van der Waals surface area (Å²) in [7, 11) is 0. The largest absolute Gasteiger partial charge is 0.465 e. The summed E-state index contributed by atoms with van der Waals surface area (Å²) in [5.41, 5.74) is 3.79. The third kappa shape index (κ3) is 6.06. The fraction of sp³-hybridized carbons (Fsp3) is 0.316. The van der Waals surface area contributed by atoms with Crippen LogP contribution >= 0.6 is 15.9 Å². The molecule has 0 saturated heterocycles. The molecule has 0 bridgehead atoms. The number of hydrogen-bond donors (Lipinski definition) is 2. The molecule has 2 N–H and O–H groups in total. The highest BCUT2D eigenvalue weighted by Crippen LogP contribution is 2.16. The normalized spacial score (nSPS) is 11.9. The molecule has 3 nitrogen and oxygen atoms in total. The SMILES string of the molecule is O=C(O)NC(CCCc1ccccc1CBr)Cc1ccccc1. The van der Waals surface area contributed by atoms with E-state index in [0.717, 1.165) is 36.6 Å². The lowest BCUT2D eigenvalue weighted by atomic mass is 9.97. The van der Waals surface area contributed by atoms with Crippen LogP contribution in [-0.4, -0.2) is 17.2 Å². The number of alkyl halides is 1. The van der Waals surface area contributed by atoms with Crippen molar-refractivity contribution in [2.24, 2.45) is 0 Å². The maximum atomic E-state index is 11.0. The van der Waals surface area contributed by atoms with Gasteiger partial charge in [0.1, 0.15) is 0 Å². The summed E-state index contributed by atoms with van der Waals surface area (Å²) in [6.07, 6.45) is 2.54. The summed E-state index contributed by atoms with van der Waals surface area (Å²) in [5, 5.41) is 12.5. The summed E-state index contributed by atoms with van der Waals surface area (Å²) < 4.78 is 0. The zero-order valence-corrected chi connectivity index (χ0v) is 14.6. The summed E-state index contributed by atoms with van der Waals surface area (Å²) in [6.45, 7) is 0. The van der Waals surface area contributed by atoms with Gasteiger partial charge in [-0.05, 0) is 42.4 Å². The molecule has 0 saturated carbocycles. The molecule has 2 aromatic carbocycles. The fourth-order valence-corrected chi connectivity index (χ4v) is 3.32. The van der Waals surface area contributed by atoms with Crippen molar-refractivity contribution < 1.29 is 9.90 Å². The molecule has 0 aliphatic rings. The highest BCUT2D eigenvalue weighted by Gasteiger charge is 2.12. The Kier molecular flexibility index (Phi) is 7.14. The van der Waals surface area contributed by atoms with Crippen molar-refractivity contribution in [3.63, 3.8) is 0 Å². The van der Waals surface area contributed by atoms with Crippen LogP contribution < -0.4 is 5.32 Å². The number of amides is 1. The van der Waals surface area contributed by atoms with Crippen molar-refractivity contribution >= 4 is 22.0 Å². The zero-order valence-electron chi connectivity index (χ0n) is 13.0. The van der Waals surface area contributed by atoms with E-state index in [0.29, 0.717) is 0 Å². The van der Waals surface area contributed by atoms with E-state index in [1.165, 1.54) is 11.1 Å². The van der Waals surface area contributed by atoms with Gasteiger partial charge in [0.2, 0.25) is 0 Å². The van der Waals surface area contributed by atoms with E-state index in [1.54, 1.807) is 0 Å². The molecule has 0 aliphatic heterocycles. The van der Waals surface area contributed by atoms with Crippen LogP contribution in [0.15, 0.2) is 54.6 Å². The first kappa shape index (κ1) is 17.5. The monoisotopic (exact) mass is 375 g/mol. The molecular formula is C19H22BrNO2. The van der Waals surface area contributed by atoms with Gasteiger partial charge >= 0.3 is 6.09 Å². The first-order valence-electron chi connectivity index (χ1n) is 7.85. The average Bonchev–Trinajstić information content (AvgIpc) is 2.55. The second-order valence-electron chi connectivity index (χ2n) is 5.63. The molecule has 0 aromatic heterocycles. The van der Waals surface area contributed by atoms with E-state index >= 15 is 0 Å². The molecule has 0 heterocycles. The average molecular weight is 376 g/mol. The van der Waals surface area contributed by atoms with Gasteiger partial charge in [0.25, 0.3) is 0 Å². The van der Waals surface area contributed by atoms with Gasteiger partial charge in [-0.1, -0.05) is 70.5 Å². The topological polar surface area (TPSA) is 49.3 Å². The first-order valence-corrected chi connectivity index (χ1v) is 8.97. The summed E-state index contributed by atoms with van der Waals surface area (Å²) in [6, 6.07) is 18.3. The van der Waals surface area contributed by atoms with Crippen molar-refractivity contribution in [3.8, 4) is 0 Å². The standard InChI is InChI=1S/C19H22BrNO2/c20-14-17-10-5-4-9-16(17)11-6-12-18(21-19(22)23)13-15-7-2-1-3-8-15/h1-5,7-10,18,21H,6,11-14H2,(H,22,23). The Morgan fingerprint density at radius 2 is 1.70 bits per heavy atom. The molecule has 0 aliphatic carbocycles. The fourth-order valence-electron chi connectivity index (χ4n) is 2.77. The molecule has 23 heavy (non-hydrogen) atoms. The van der Waals surface area contributed by atoms with E-state index in [1.807, 2.05) is 36.4 Å². The van der Waals surface area contributed by atoms with Crippen molar-refractivity contribution in [3.05, 3.63) is 71.3 Å². The van der Waals surface area contributed by atoms with Gasteiger partial charge in [-0.25, -0.2) is 4.79 Å². The molecule has 1 atom stereocenters. The van der Waals surface area contributed by atoms with Crippen LogP contribution in [0, 0.1) is 0 Å². The highest BCUT2D eigenvalue weighted by molar-refractivity contribution is 9.08. The Hall–Kier alpha value is -1.81. The zero-order chi connectivity index (χ0) is 16.5. The van der Waals surface area contributed by atoms with Gasteiger partial charge in [-0.2, -0.15) is 0 Å². The number of carbonyl (C=O) groups is 1. The van der Waals surface area contributed by atoms with Crippen molar-refractivity contribution in [1.82, 2.24) is 5.32 Å². The number of rotatable bonds is 8. The minimum absolute atomic E-state index is 0.0500. The predicted molar refractivity (Wildman–Crippen MR) is 97.1 cm³/mol. The van der Waals surface area contributed by atoms with Gasteiger partial charge < -0.3 is 10.4 Å². The molecule has 2 aromatic rings. The molecule has 122 valence electrons. The molecule has 1 unspecified atom stereocenters. The summed E-state index contributed by atoms with van der Waals surface area (Å²) in [5.74, 6) is 0. The molecule has 2 rings (SSSR count). The molecular weight excluding hydrogens is 354 g/mol. The third-order valence-corrected chi connectivity index (χ3v) is 4.52. The Labute approximate surface area is 145 Å². The second-order valence-corrected chi connectivity index (χ2v) is 6.19. The van der Waals surface area contributed by atoms with E-state index in [9.17, 15) is 4.79 Å². The minimum atomic E-state index is -0.952. The minimum Gasteiger partial charge on any atom is -0.465 e. The van der Waals surface area contributed by atoms with E-state index in [4.69, 9.17) is 5.11 Å². The number of aryl methyl sites for hydroxylation is 1. The van der Waals surface area contributed by atoms with Gasteiger partial charge in [0.05, 0.1) is 0 Å². The lowest BCUT2D eigenvalue weighted by molar-refractivity contribution is 0.189. The van der Waals surface area contributed by atoms with Gasteiger partial charge in [0, 0.05) is 11.4 Å². The Balaban J connectivity index is 1.91. The van der Waals surface area contributed by atoms with Gasteiger partial charge in [0.15, 0.2) is 0 Å². The maximum absolute atomic E-state index is 11.0. The van der Waals surface area contributed by atoms with Crippen LogP contribution in [0.4, 0.5) is 4.79 Å². The molecule has 4 heteroatoms. The van der Waals surface area contributed by atoms with Crippen LogP contribution in [0.2, 0.25) is 0 Å². The van der Waals surface area contributed by atoms with Crippen molar-refractivity contribution in [2.75, 3.05) is 0 Å². The number of benzene rings is 2. The summed E-state index contributed by atoms with van der Waals surface area (Å²) in [4.78, 5) is 11.0. The van der Waals surface area contributed by atoms with Crippen LogP contribution in [0.1, 0.15) is 29.5 Å². The van der Waals surface area contributed by atoms with Gasteiger partial charge in [-0.15, -0.1) is 0 Å². The quantitative estimate of drug-likeness (QED) is 0.652. The van der Waals surface area contributed by atoms with Gasteiger partial charge in [-0.3, -0.25) is 0 Å². The number of halogens is 1. The second kappa shape index (κ2) is 9.36.